The van der Waals surface area contributed by atoms with Gasteiger partial charge in [0.05, 0.1) is 24.5 Å². The van der Waals surface area contributed by atoms with Gasteiger partial charge in [-0.05, 0) is 18.2 Å². The van der Waals surface area contributed by atoms with Crippen molar-refractivity contribution in [1.29, 1.82) is 0 Å². The van der Waals surface area contributed by atoms with E-state index in [1.54, 1.807) is 19.1 Å². The first-order chi connectivity index (χ1) is 8.54. The van der Waals surface area contributed by atoms with Crippen molar-refractivity contribution in [1.82, 2.24) is 5.32 Å². The van der Waals surface area contributed by atoms with Crippen LogP contribution in [0.4, 0.5) is 15.8 Å². The molecule has 0 unspecified atom stereocenters. The van der Waals surface area contributed by atoms with Gasteiger partial charge in [0.15, 0.2) is 0 Å². The summed E-state index contributed by atoms with van der Waals surface area (Å²) in [5, 5.41) is 2.68. The molecule has 5 nitrogen and oxygen atoms in total. The second-order valence-electron chi connectivity index (χ2n) is 3.90. The topological polar surface area (TPSA) is 67.6 Å². The largest absolute Gasteiger partial charge is 0.397 e. The van der Waals surface area contributed by atoms with Crippen LogP contribution in [0.25, 0.3) is 0 Å². The Balaban J connectivity index is 2.56. The van der Waals surface area contributed by atoms with Gasteiger partial charge in [0.25, 0.3) is 0 Å². The van der Waals surface area contributed by atoms with Crippen molar-refractivity contribution in [2.75, 3.05) is 44.5 Å². The minimum absolute atomic E-state index is 0.108. The number of hydrogen-bond acceptors (Lipinski definition) is 4. The van der Waals surface area contributed by atoms with Gasteiger partial charge >= 0.3 is 0 Å². The number of hydrogen-bond donors (Lipinski definition) is 2. The van der Waals surface area contributed by atoms with Crippen LogP contribution in [0, 0.1) is 5.82 Å². The summed E-state index contributed by atoms with van der Waals surface area (Å²) < 4.78 is 17.9. The van der Waals surface area contributed by atoms with Crippen LogP contribution in [0.5, 0.6) is 0 Å². The number of nitrogens with two attached hydrogens (primary N) is 1. The molecule has 0 aliphatic rings. The van der Waals surface area contributed by atoms with Crippen LogP contribution in [0.2, 0.25) is 0 Å². The van der Waals surface area contributed by atoms with Crippen molar-refractivity contribution in [2.24, 2.45) is 0 Å². The molecule has 0 spiro atoms. The van der Waals surface area contributed by atoms with Crippen LogP contribution < -0.4 is 16.0 Å². The number of carbonyl (C=O) groups is 1. The maximum absolute atomic E-state index is 13.1. The van der Waals surface area contributed by atoms with Crippen molar-refractivity contribution in [2.45, 2.75) is 0 Å². The molecule has 0 heterocycles. The van der Waals surface area contributed by atoms with Crippen molar-refractivity contribution in [3.63, 3.8) is 0 Å². The molecule has 100 valence electrons. The molecule has 0 atom stereocenters. The van der Waals surface area contributed by atoms with Crippen LogP contribution in [0.3, 0.4) is 0 Å². The maximum atomic E-state index is 13.1. The molecule has 0 saturated heterocycles. The summed E-state index contributed by atoms with van der Waals surface area (Å²) >= 11 is 0. The third-order valence-corrected chi connectivity index (χ3v) is 2.41. The molecule has 0 radical (unpaired) electrons. The molecule has 0 saturated carbocycles. The molecule has 1 amide bonds. The number of nitrogens with zero attached hydrogens (tertiary/aromatic N) is 1. The number of ether oxygens (including phenoxy) is 1. The highest BCUT2D eigenvalue weighted by Crippen LogP contribution is 2.22. The monoisotopic (exact) mass is 255 g/mol. The summed E-state index contributed by atoms with van der Waals surface area (Å²) in [5.74, 6) is -0.552. The molecule has 18 heavy (non-hydrogen) atoms. The normalized spacial score (nSPS) is 10.2. The second-order valence-corrected chi connectivity index (χ2v) is 3.90. The van der Waals surface area contributed by atoms with Crippen LogP contribution in [0.1, 0.15) is 0 Å². The second kappa shape index (κ2) is 6.80. The number of carbonyl (C=O) groups excluding carboxylic acids is 1. The fourth-order valence-corrected chi connectivity index (χ4v) is 1.50. The first-order valence-corrected chi connectivity index (χ1v) is 5.56. The van der Waals surface area contributed by atoms with Gasteiger partial charge in [0, 0.05) is 20.7 Å². The summed E-state index contributed by atoms with van der Waals surface area (Å²) in [7, 11) is 3.24. The lowest BCUT2D eigenvalue weighted by Gasteiger charge is -2.20. The number of likely N-dealkylation sites (N-methyl/N-ethyl adjacent to an activating group) is 1. The minimum Gasteiger partial charge on any atom is -0.397 e. The van der Waals surface area contributed by atoms with E-state index in [1.807, 2.05) is 0 Å². The fraction of sp³-hybridized carbons (Fsp3) is 0.417. The predicted octanol–water partition coefficient (Wildman–Crippen LogP) is 0.607. The molecular formula is C12H18FN3O2. The molecule has 6 heteroatoms. The molecule has 0 aromatic heterocycles. The number of rotatable bonds is 6. The average Bonchev–Trinajstić information content (AvgIpc) is 2.32. The number of amides is 1. The zero-order valence-corrected chi connectivity index (χ0v) is 10.6. The zero-order valence-electron chi connectivity index (χ0n) is 10.6. The standard InChI is InChI=1S/C12H18FN3O2/c1-16(8-12(17)15-5-6-18-2)11-7-9(13)3-4-10(11)14/h3-4,7H,5-6,8,14H2,1-2H3,(H,15,17). The average molecular weight is 255 g/mol. The first kappa shape index (κ1) is 14.2. The van der Waals surface area contributed by atoms with Crippen LogP contribution in [0.15, 0.2) is 18.2 Å². The van der Waals surface area contributed by atoms with E-state index in [-0.39, 0.29) is 18.3 Å². The van der Waals surface area contributed by atoms with E-state index >= 15 is 0 Å². The molecule has 1 aromatic carbocycles. The Morgan fingerprint density at radius 1 is 1.56 bits per heavy atom. The third-order valence-electron chi connectivity index (χ3n) is 2.41. The molecule has 0 fully saturated rings. The summed E-state index contributed by atoms with van der Waals surface area (Å²) in [5.41, 5.74) is 6.66. The highest BCUT2D eigenvalue weighted by atomic mass is 19.1. The van der Waals surface area contributed by atoms with Crippen LogP contribution in [-0.4, -0.2) is 39.8 Å². The lowest BCUT2D eigenvalue weighted by molar-refractivity contribution is -0.119. The zero-order chi connectivity index (χ0) is 13.5. The summed E-state index contributed by atoms with van der Waals surface area (Å²) in [6.07, 6.45) is 0. The SMILES string of the molecule is COCCNC(=O)CN(C)c1cc(F)ccc1N. The van der Waals surface area contributed by atoms with Crippen molar-refractivity contribution in [3.8, 4) is 0 Å². The van der Waals surface area contributed by atoms with Gasteiger partial charge in [-0.25, -0.2) is 4.39 Å². The lowest BCUT2D eigenvalue weighted by Crippen LogP contribution is -2.36. The minimum atomic E-state index is -0.383. The Bertz CT molecular complexity index is 412. The number of nitrogens with one attached hydrogen (secondary N) is 1. The molecule has 1 aromatic rings. The molecule has 0 aliphatic carbocycles. The number of anilines is 2. The molecule has 0 bridgehead atoms. The summed E-state index contributed by atoms with van der Waals surface area (Å²) in [6, 6.07) is 4.06. The first-order valence-electron chi connectivity index (χ1n) is 5.56. The summed E-state index contributed by atoms with van der Waals surface area (Å²) in [4.78, 5) is 13.2. The van der Waals surface area contributed by atoms with Crippen molar-refractivity contribution >= 4 is 17.3 Å². The van der Waals surface area contributed by atoms with E-state index in [1.165, 1.54) is 18.2 Å². The van der Waals surface area contributed by atoms with E-state index in [0.29, 0.717) is 24.5 Å². The molecule has 1 rings (SSSR count). The van der Waals surface area contributed by atoms with E-state index in [4.69, 9.17) is 10.5 Å². The van der Waals surface area contributed by atoms with E-state index in [0.717, 1.165) is 0 Å². The quantitative estimate of drug-likeness (QED) is 0.577. The van der Waals surface area contributed by atoms with Gasteiger partial charge in [-0.15, -0.1) is 0 Å². The Morgan fingerprint density at radius 3 is 2.94 bits per heavy atom. The number of halogens is 1. The van der Waals surface area contributed by atoms with Gasteiger partial charge in [-0.3, -0.25) is 4.79 Å². The third kappa shape index (κ3) is 4.21. The van der Waals surface area contributed by atoms with E-state index in [9.17, 15) is 9.18 Å². The fourth-order valence-electron chi connectivity index (χ4n) is 1.50. The Morgan fingerprint density at radius 2 is 2.28 bits per heavy atom. The van der Waals surface area contributed by atoms with Crippen molar-refractivity contribution in [3.05, 3.63) is 24.0 Å². The smallest absolute Gasteiger partial charge is 0.239 e. The Labute approximate surface area is 106 Å². The van der Waals surface area contributed by atoms with E-state index < -0.39 is 0 Å². The van der Waals surface area contributed by atoms with Gasteiger partial charge in [-0.2, -0.15) is 0 Å². The van der Waals surface area contributed by atoms with Crippen LogP contribution >= 0.6 is 0 Å². The van der Waals surface area contributed by atoms with E-state index in [2.05, 4.69) is 5.32 Å². The highest BCUT2D eigenvalue weighted by molar-refractivity contribution is 5.82. The number of methoxy groups -OCH3 is 1. The van der Waals surface area contributed by atoms with Gasteiger partial charge in [0.1, 0.15) is 5.82 Å². The lowest BCUT2D eigenvalue weighted by atomic mass is 10.2. The Kier molecular flexibility index (Phi) is 5.38. The predicted molar refractivity (Wildman–Crippen MR) is 69.0 cm³/mol. The van der Waals surface area contributed by atoms with Gasteiger partial charge < -0.3 is 20.7 Å². The number of benzene rings is 1. The molecular weight excluding hydrogens is 237 g/mol. The van der Waals surface area contributed by atoms with Gasteiger partial charge in [0.2, 0.25) is 5.91 Å². The Hall–Kier alpha value is -1.82. The molecule has 0 aliphatic heterocycles. The summed E-state index contributed by atoms with van der Waals surface area (Å²) in [6.45, 7) is 1.01. The highest BCUT2D eigenvalue weighted by Gasteiger charge is 2.10. The maximum Gasteiger partial charge on any atom is 0.239 e. The molecule has 3 N–H and O–H groups in total. The van der Waals surface area contributed by atoms with Crippen molar-refractivity contribution < 1.29 is 13.9 Å². The van der Waals surface area contributed by atoms with Crippen LogP contribution in [-0.2, 0) is 9.53 Å². The van der Waals surface area contributed by atoms with Gasteiger partial charge in [-0.1, -0.05) is 0 Å². The number of nitrogen functional groups attached to an aromatic ring is 1.